The van der Waals surface area contributed by atoms with E-state index in [1.807, 2.05) is 54.6 Å². The first-order valence-electron chi connectivity index (χ1n) is 9.01. The van der Waals surface area contributed by atoms with Crippen LogP contribution < -0.4 is 10.1 Å². The average Bonchev–Trinajstić information content (AvgIpc) is 3.15. The molecule has 0 N–H and O–H groups in total. The van der Waals surface area contributed by atoms with E-state index in [9.17, 15) is 4.79 Å². The topological polar surface area (TPSA) is 39.4 Å². The maximum atomic E-state index is 12.7. The van der Waals surface area contributed by atoms with Gasteiger partial charge < -0.3 is 9.15 Å². The van der Waals surface area contributed by atoms with Crippen molar-refractivity contribution in [2.45, 2.75) is 26.2 Å². The number of para-hydroxylation sites is 1. The van der Waals surface area contributed by atoms with E-state index in [4.69, 9.17) is 9.15 Å². The molecule has 138 valence electrons. The molecule has 3 nitrogen and oxygen atoms in total. The van der Waals surface area contributed by atoms with Gasteiger partial charge in [-0.15, -0.1) is 0 Å². The fourth-order valence-corrected chi connectivity index (χ4v) is 3.64. The first-order chi connectivity index (χ1) is 12.9. The van der Waals surface area contributed by atoms with Gasteiger partial charge in [0.1, 0.15) is 20.4 Å². The van der Waals surface area contributed by atoms with Crippen molar-refractivity contribution >= 4 is 25.3 Å². The summed E-state index contributed by atoms with van der Waals surface area (Å²) in [6.45, 7) is 7.11. The third-order valence-electron chi connectivity index (χ3n) is 4.18. The summed E-state index contributed by atoms with van der Waals surface area (Å²) in [4.78, 5) is 12.7. The molecule has 4 heteroatoms. The smallest absolute Gasteiger partial charge is 0.189 e. The summed E-state index contributed by atoms with van der Waals surface area (Å²) in [6.07, 6.45) is 5.07. The van der Waals surface area contributed by atoms with E-state index in [2.05, 4.69) is 19.6 Å². The number of benzene rings is 2. The largest absolute Gasteiger partial charge is 0.488 e. The van der Waals surface area contributed by atoms with Crippen LogP contribution in [0.15, 0.2) is 77.4 Å². The third-order valence-corrected chi connectivity index (χ3v) is 5.92. The van der Waals surface area contributed by atoms with Crippen LogP contribution in [0.1, 0.15) is 21.5 Å². The van der Waals surface area contributed by atoms with Crippen LogP contribution >= 0.6 is 0 Å². The van der Waals surface area contributed by atoms with Crippen LogP contribution in [0.4, 0.5) is 0 Å². The van der Waals surface area contributed by atoms with Crippen LogP contribution in [-0.4, -0.2) is 13.9 Å². The minimum absolute atomic E-state index is 0.0885. The van der Waals surface area contributed by atoms with Crippen molar-refractivity contribution in [1.29, 1.82) is 0 Å². The Kier molecular flexibility index (Phi) is 5.77. The van der Waals surface area contributed by atoms with Crippen LogP contribution in [0.2, 0.25) is 19.6 Å². The molecule has 1 aromatic heterocycles. The molecule has 3 rings (SSSR count). The number of allylic oxidation sites excluding steroid dienone is 1. The maximum Gasteiger partial charge on any atom is 0.189 e. The van der Waals surface area contributed by atoms with Gasteiger partial charge in [-0.25, -0.2) is 0 Å². The predicted octanol–water partition coefficient (Wildman–Crippen LogP) is 5.30. The summed E-state index contributed by atoms with van der Waals surface area (Å²) in [5.74, 6) is 0.500. The van der Waals surface area contributed by atoms with Crippen LogP contribution in [0.5, 0.6) is 5.75 Å². The molecule has 0 saturated heterocycles. The second-order valence-electron chi connectivity index (χ2n) is 7.46. The first kappa shape index (κ1) is 18.9. The molecule has 0 aliphatic heterocycles. The van der Waals surface area contributed by atoms with Gasteiger partial charge in [-0.2, -0.15) is 0 Å². The molecule has 0 fully saturated rings. The van der Waals surface area contributed by atoms with Crippen LogP contribution in [0.3, 0.4) is 0 Å². The molecule has 0 atom stereocenters. The minimum Gasteiger partial charge on any atom is -0.488 e. The molecule has 0 aliphatic rings. The van der Waals surface area contributed by atoms with Crippen molar-refractivity contribution in [3.63, 3.8) is 0 Å². The fraction of sp³-hybridized carbons (Fsp3) is 0.174. The molecule has 0 bridgehead atoms. The Morgan fingerprint density at radius 1 is 1.04 bits per heavy atom. The van der Waals surface area contributed by atoms with Gasteiger partial charge in [0, 0.05) is 5.56 Å². The second kappa shape index (κ2) is 8.23. The van der Waals surface area contributed by atoms with Crippen molar-refractivity contribution < 1.29 is 13.9 Å². The van der Waals surface area contributed by atoms with Gasteiger partial charge in [0.25, 0.3) is 0 Å². The summed E-state index contributed by atoms with van der Waals surface area (Å²) >= 11 is 0. The number of ketones is 1. The molecule has 0 amide bonds. The number of carbonyl (C=O) groups is 1. The van der Waals surface area contributed by atoms with Gasteiger partial charge in [0.15, 0.2) is 5.78 Å². The Hall–Kier alpha value is -2.85. The average molecular weight is 377 g/mol. The highest BCUT2D eigenvalue weighted by Gasteiger charge is 2.20. The van der Waals surface area contributed by atoms with Crippen molar-refractivity contribution in [1.82, 2.24) is 0 Å². The highest BCUT2D eigenvalue weighted by Crippen LogP contribution is 2.21. The quantitative estimate of drug-likeness (QED) is 0.319. The zero-order chi connectivity index (χ0) is 19.3. The Morgan fingerprint density at radius 2 is 1.74 bits per heavy atom. The zero-order valence-corrected chi connectivity index (χ0v) is 16.9. The summed E-state index contributed by atoms with van der Waals surface area (Å²) in [5, 5.41) is 1.03. The highest BCUT2D eigenvalue weighted by atomic mass is 28.3. The van der Waals surface area contributed by atoms with Crippen molar-refractivity contribution in [2.24, 2.45) is 0 Å². The molecule has 0 aliphatic carbocycles. The normalized spacial score (nSPS) is 11.7. The van der Waals surface area contributed by atoms with Gasteiger partial charge in [0.2, 0.25) is 0 Å². The number of furan rings is 1. The van der Waals surface area contributed by atoms with E-state index in [0.717, 1.165) is 16.5 Å². The van der Waals surface area contributed by atoms with Gasteiger partial charge in [-0.1, -0.05) is 62.1 Å². The van der Waals surface area contributed by atoms with Gasteiger partial charge in [-0.3, -0.25) is 4.79 Å². The number of hydrogen-bond acceptors (Lipinski definition) is 3. The van der Waals surface area contributed by atoms with E-state index in [-0.39, 0.29) is 5.78 Å². The summed E-state index contributed by atoms with van der Waals surface area (Å²) in [7, 11) is -1.49. The van der Waals surface area contributed by atoms with E-state index in [0.29, 0.717) is 17.9 Å². The molecule has 0 saturated carbocycles. The molecule has 3 aromatic rings. The van der Waals surface area contributed by atoms with E-state index >= 15 is 0 Å². The minimum atomic E-state index is -1.49. The Bertz CT molecular complexity index is 934. The van der Waals surface area contributed by atoms with Gasteiger partial charge >= 0.3 is 0 Å². The number of ether oxygens (including phenoxy) is 1. The maximum absolute atomic E-state index is 12.7. The predicted molar refractivity (Wildman–Crippen MR) is 112 cm³/mol. The van der Waals surface area contributed by atoms with E-state index in [1.54, 1.807) is 24.5 Å². The lowest BCUT2D eigenvalue weighted by Crippen LogP contribution is -2.36. The summed E-state index contributed by atoms with van der Waals surface area (Å²) in [5.41, 5.74) is 2.52. The third kappa shape index (κ3) is 5.08. The van der Waals surface area contributed by atoms with Gasteiger partial charge in [-0.05, 0) is 35.9 Å². The van der Waals surface area contributed by atoms with Crippen molar-refractivity contribution in [3.05, 3.63) is 89.7 Å². The zero-order valence-electron chi connectivity index (χ0n) is 15.9. The van der Waals surface area contributed by atoms with Crippen LogP contribution in [-0.2, 0) is 6.61 Å². The molecule has 0 spiro atoms. The van der Waals surface area contributed by atoms with Crippen molar-refractivity contribution in [2.75, 3.05) is 0 Å². The molecular weight excluding hydrogens is 352 g/mol. The Balaban J connectivity index is 1.72. The second-order valence-corrected chi connectivity index (χ2v) is 12.5. The van der Waals surface area contributed by atoms with Crippen LogP contribution in [0, 0.1) is 0 Å². The lowest BCUT2D eigenvalue weighted by atomic mass is 10.1. The monoisotopic (exact) mass is 376 g/mol. The summed E-state index contributed by atoms with van der Waals surface area (Å²) in [6, 6.07) is 19.3. The molecule has 0 unspecified atom stereocenters. The molecule has 1 heterocycles. The molecule has 0 radical (unpaired) electrons. The lowest BCUT2D eigenvalue weighted by Gasteiger charge is -2.10. The highest BCUT2D eigenvalue weighted by molar-refractivity contribution is 6.87. The molecule has 27 heavy (non-hydrogen) atoms. The van der Waals surface area contributed by atoms with E-state index in [1.165, 1.54) is 0 Å². The molecular formula is C23H24O3Si. The SMILES string of the molecule is C[Si](C)(C)c1cc(C=CC(=O)c2ccccc2OCc2ccccc2)co1. The molecule has 2 aromatic carbocycles. The standard InChI is InChI=1S/C23H24O3Si/c1-27(2,3)23-15-19(17-26-23)13-14-21(24)20-11-7-8-12-22(20)25-16-18-9-5-4-6-10-18/h4-15,17H,16H2,1-3H3. The Morgan fingerprint density at radius 3 is 2.44 bits per heavy atom. The van der Waals surface area contributed by atoms with Gasteiger partial charge in [0.05, 0.1) is 17.2 Å². The van der Waals surface area contributed by atoms with Crippen LogP contribution in [0.25, 0.3) is 6.08 Å². The lowest BCUT2D eigenvalue weighted by molar-refractivity contribution is 0.104. The first-order valence-corrected chi connectivity index (χ1v) is 12.5. The van der Waals surface area contributed by atoms with E-state index < -0.39 is 8.07 Å². The summed E-state index contributed by atoms with van der Waals surface area (Å²) < 4.78 is 11.5. The number of hydrogen-bond donors (Lipinski definition) is 0. The Labute approximate surface area is 161 Å². The number of rotatable bonds is 7. The van der Waals surface area contributed by atoms with Crippen molar-refractivity contribution in [3.8, 4) is 5.75 Å². The fourth-order valence-electron chi connectivity index (χ4n) is 2.62. The number of carbonyl (C=O) groups excluding carboxylic acids is 1.